The lowest BCUT2D eigenvalue weighted by Gasteiger charge is -2.13. The minimum atomic E-state index is -4.90. The predicted octanol–water partition coefficient (Wildman–Crippen LogP) is 3.81. The summed E-state index contributed by atoms with van der Waals surface area (Å²) in [6.45, 7) is 3.37. The molecule has 24 heavy (non-hydrogen) atoms. The fourth-order valence-electron chi connectivity index (χ4n) is 1.99. The molecule has 2 aromatic rings. The molecule has 0 unspecified atom stereocenters. The third-order valence-electron chi connectivity index (χ3n) is 3.09. The molecule has 0 spiro atoms. The highest BCUT2D eigenvalue weighted by Crippen LogP contribution is 2.36. The van der Waals surface area contributed by atoms with E-state index in [9.17, 15) is 26.7 Å². The first-order valence-corrected chi connectivity index (χ1v) is 6.29. The molecule has 0 saturated heterocycles. The number of aromatic nitrogens is 1. The molecule has 0 saturated carbocycles. The number of alkyl halides is 3. The van der Waals surface area contributed by atoms with Crippen molar-refractivity contribution >= 4 is 18.2 Å². The van der Waals surface area contributed by atoms with Crippen molar-refractivity contribution in [3.05, 3.63) is 47.5 Å². The van der Waals surface area contributed by atoms with E-state index in [1.165, 1.54) is 0 Å². The van der Waals surface area contributed by atoms with Gasteiger partial charge in [-0.3, -0.25) is 4.79 Å². The highest BCUT2D eigenvalue weighted by molar-refractivity contribution is 5.76. The first-order valence-electron chi connectivity index (χ1n) is 6.29. The Hall–Kier alpha value is -2.97. The molecule has 2 rings (SSSR count). The Kier molecular flexibility index (Phi) is 4.54. The van der Waals surface area contributed by atoms with Gasteiger partial charge in [-0.15, -0.1) is 0 Å². The van der Waals surface area contributed by atoms with Gasteiger partial charge in [0.05, 0.1) is 16.8 Å². The normalized spacial score (nSPS) is 11.2. The highest BCUT2D eigenvalue weighted by Gasteiger charge is 2.34. The fraction of sp³-hybridized carbons (Fsp3) is 0.0667. The zero-order chi connectivity index (χ0) is 18.1. The molecule has 126 valence electrons. The predicted molar refractivity (Wildman–Crippen MR) is 75.8 cm³/mol. The van der Waals surface area contributed by atoms with Gasteiger partial charge in [-0.2, -0.15) is 13.2 Å². The van der Waals surface area contributed by atoms with Crippen LogP contribution in [-0.2, 0) is 11.0 Å². The standard InChI is InChI=1S/C15H9F5N2O2/c1-2-8-12(21)11(17)13(22-14(8)24-6-23)7-3-4-9(10(16)5-7)15(18,19)20/h2-6H,1H2,(H2,21,22). The number of benzene rings is 1. The Morgan fingerprint density at radius 3 is 2.42 bits per heavy atom. The molecule has 1 heterocycles. The van der Waals surface area contributed by atoms with Crippen molar-refractivity contribution in [3.63, 3.8) is 0 Å². The molecule has 1 aromatic heterocycles. The Morgan fingerprint density at radius 2 is 1.92 bits per heavy atom. The first-order chi connectivity index (χ1) is 11.2. The Labute approximate surface area is 132 Å². The topological polar surface area (TPSA) is 65.2 Å². The molecule has 0 atom stereocenters. The fourth-order valence-corrected chi connectivity index (χ4v) is 1.99. The van der Waals surface area contributed by atoms with Gasteiger partial charge in [0.1, 0.15) is 11.5 Å². The Morgan fingerprint density at radius 1 is 1.25 bits per heavy atom. The molecular weight excluding hydrogens is 335 g/mol. The van der Waals surface area contributed by atoms with Gasteiger partial charge in [-0.1, -0.05) is 18.7 Å². The van der Waals surface area contributed by atoms with E-state index in [4.69, 9.17) is 5.73 Å². The molecule has 4 nitrogen and oxygen atoms in total. The van der Waals surface area contributed by atoms with Gasteiger partial charge in [0.25, 0.3) is 6.47 Å². The summed E-state index contributed by atoms with van der Waals surface area (Å²) in [5.74, 6) is -3.12. The number of nitrogens with zero attached hydrogens (tertiary/aromatic N) is 1. The maximum absolute atomic E-state index is 14.3. The second kappa shape index (κ2) is 6.26. The number of rotatable bonds is 4. The summed E-state index contributed by atoms with van der Waals surface area (Å²) < 4.78 is 70.2. The van der Waals surface area contributed by atoms with Crippen molar-refractivity contribution in [1.82, 2.24) is 4.98 Å². The van der Waals surface area contributed by atoms with Gasteiger partial charge in [-0.25, -0.2) is 13.8 Å². The number of carbonyl (C=O) groups excluding carboxylic acids is 1. The van der Waals surface area contributed by atoms with E-state index in [2.05, 4.69) is 16.3 Å². The monoisotopic (exact) mass is 344 g/mol. The molecular formula is C15H9F5N2O2. The summed E-state index contributed by atoms with van der Waals surface area (Å²) in [6, 6.07) is 1.74. The second-order valence-electron chi connectivity index (χ2n) is 4.52. The van der Waals surface area contributed by atoms with Crippen molar-refractivity contribution in [1.29, 1.82) is 0 Å². The minimum absolute atomic E-state index is 0.00376. The van der Waals surface area contributed by atoms with Gasteiger partial charge >= 0.3 is 6.18 Å². The summed E-state index contributed by atoms with van der Waals surface area (Å²) >= 11 is 0. The maximum Gasteiger partial charge on any atom is 0.419 e. The molecule has 9 heteroatoms. The van der Waals surface area contributed by atoms with E-state index < -0.39 is 40.6 Å². The van der Waals surface area contributed by atoms with Crippen LogP contribution in [0.1, 0.15) is 11.1 Å². The minimum Gasteiger partial charge on any atom is -0.409 e. The van der Waals surface area contributed by atoms with E-state index >= 15 is 0 Å². The van der Waals surface area contributed by atoms with Crippen LogP contribution in [0, 0.1) is 11.6 Å². The van der Waals surface area contributed by atoms with Gasteiger partial charge in [0.15, 0.2) is 5.82 Å². The third kappa shape index (κ3) is 3.05. The number of anilines is 1. The number of carbonyl (C=O) groups is 1. The zero-order valence-electron chi connectivity index (χ0n) is 11.8. The second-order valence-corrected chi connectivity index (χ2v) is 4.52. The third-order valence-corrected chi connectivity index (χ3v) is 3.09. The summed E-state index contributed by atoms with van der Waals surface area (Å²) in [4.78, 5) is 14.1. The van der Waals surface area contributed by atoms with E-state index in [0.29, 0.717) is 12.1 Å². The van der Waals surface area contributed by atoms with Crippen LogP contribution < -0.4 is 10.5 Å². The number of halogens is 5. The molecule has 0 fully saturated rings. The van der Waals surface area contributed by atoms with Gasteiger partial charge < -0.3 is 10.5 Å². The van der Waals surface area contributed by atoms with Crippen LogP contribution in [0.3, 0.4) is 0 Å². The van der Waals surface area contributed by atoms with Crippen LogP contribution in [0.15, 0.2) is 24.8 Å². The van der Waals surface area contributed by atoms with Gasteiger partial charge in [0, 0.05) is 5.56 Å². The quantitative estimate of drug-likeness (QED) is 0.677. The van der Waals surface area contributed by atoms with Crippen LogP contribution in [0.2, 0.25) is 0 Å². The van der Waals surface area contributed by atoms with E-state index in [0.717, 1.165) is 12.1 Å². The van der Waals surface area contributed by atoms with Crippen molar-refractivity contribution in [2.24, 2.45) is 0 Å². The van der Waals surface area contributed by atoms with Crippen LogP contribution in [0.5, 0.6) is 5.88 Å². The summed E-state index contributed by atoms with van der Waals surface area (Å²) in [6.07, 6.45) is -3.81. The first kappa shape index (κ1) is 17.4. The molecule has 0 aliphatic heterocycles. The largest absolute Gasteiger partial charge is 0.419 e. The van der Waals surface area contributed by atoms with Crippen molar-refractivity contribution in [3.8, 4) is 17.1 Å². The van der Waals surface area contributed by atoms with Crippen molar-refractivity contribution in [2.75, 3.05) is 5.73 Å². The lowest BCUT2D eigenvalue weighted by Crippen LogP contribution is -2.09. The molecule has 0 amide bonds. The van der Waals surface area contributed by atoms with Crippen LogP contribution in [-0.4, -0.2) is 11.5 Å². The number of pyridine rings is 1. The van der Waals surface area contributed by atoms with Crippen LogP contribution in [0.4, 0.5) is 27.6 Å². The molecule has 1 aromatic carbocycles. The average Bonchev–Trinajstić information content (AvgIpc) is 2.50. The van der Waals surface area contributed by atoms with Gasteiger partial charge in [0.2, 0.25) is 5.88 Å². The van der Waals surface area contributed by atoms with Gasteiger partial charge in [-0.05, 0) is 12.1 Å². The molecule has 0 bridgehead atoms. The van der Waals surface area contributed by atoms with E-state index in [-0.39, 0.29) is 17.6 Å². The van der Waals surface area contributed by atoms with E-state index in [1.54, 1.807) is 0 Å². The average molecular weight is 344 g/mol. The van der Waals surface area contributed by atoms with Crippen LogP contribution >= 0.6 is 0 Å². The van der Waals surface area contributed by atoms with Crippen molar-refractivity contribution < 1.29 is 31.5 Å². The van der Waals surface area contributed by atoms with Crippen LogP contribution in [0.25, 0.3) is 17.3 Å². The molecule has 0 aliphatic carbocycles. The smallest absolute Gasteiger partial charge is 0.409 e. The number of hydrogen-bond acceptors (Lipinski definition) is 4. The number of nitrogens with two attached hydrogens (primary N) is 1. The number of hydrogen-bond donors (Lipinski definition) is 1. The molecule has 0 aliphatic rings. The maximum atomic E-state index is 14.3. The summed E-state index contributed by atoms with van der Waals surface area (Å²) in [7, 11) is 0. The SMILES string of the molecule is C=Cc1c(OC=O)nc(-c2ccc(C(F)(F)F)c(F)c2)c(F)c1N. The lowest BCUT2D eigenvalue weighted by molar-refractivity contribution is -0.140. The zero-order valence-corrected chi connectivity index (χ0v) is 11.8. The number of nitrogen functional groups attached to an aromatic ring is 1. The summed E-state index contributed by atoms with van der Waals surface area (Å²) in [5.41, 5.74) is 2.55. The van der Waals surface area contributed by atoms with Crippen molar-refractivity contribution in [2.45, 2.75) is 6.18 Å². The highest BCUT2D eigenvalue weighted by atomic mass is 19.4. The molecule has 0 radical (unpaired) electrons. The molecule has 2 N–H and O–H groups in total. The lowest BCUT2D eigenvalue weighted by atomic mass is 10.0. The Balaban J connectivity index is 2.67. The van der Waals surface area contributed by atoms with E-state index in [1.807, 2.05) is 0 Å². The summed E-state index contributed by atoms with van der Waals surface area (Å²) in [5, 5.41) is 0. The number of ether oxygens (including phenoxy) is 1. The Bertz CT molecular complexity index is 818.